The Morgan fingerprint density at radius 2 is 2.05 bits per heavy atom. The minimum absolute atomic E-state index is 0.118. The molecule has 2 N–H and O–H groups in total. The number of rotatable bonds is 7. The molecule has 1 heterocycles. The summed E-state index contributed by atoms with van der Waals surface area (Å²) in [5.41, 5.74) is -1.04. The van der Waals surface area contributed by atoms with Gasteiger partial charge < -0.3 is 10.4 Å². The van der Waals surface area contributed by atoms with Gasteiger partial charge in [-0.05, 0) is 18.3 Å². The Morgan fingerprint density at radius 3 is 2.67 bits per heavy atom. The zero-order valence-corrected chi connectivity index (χ0v) is 12.8. The third-order valence-corrected chi connectivity index (χ3v) is 3.35. The van der Waals surface area contributed by atoms with Crippen molar-refractivity contribution in [3.8, 4) is 0 Å². The van der Waals surface area contributed by atoms with Gasteiger partial charge in [-0.3, -0.25) is 18.7 Å². The maximum Gasteiger partial charge on any atom is 0.331 e. The molecule has 1 rings (SSSR count). The molecule has 7 heteroatoms. The quantitative estimate of drug-likeness (QED) is 0.707. The molecule has 0 aliphatic rings. The highest BCUT2D eigenvalue weighted by atomic mass is 16.3. The molecule has 0 aliphatic carbocycles. The zero-order chi connectivity index (χ0) is 16.0. The van der Waals surface area contributed by atoms with Crippen LogP contribution in [0.3, 0.4) is 0 Å². The summed E-state index contributed by atoms with van der Waals surface area (Å²) in [6.45, 7) is 4.48. The van der Waals surface area contributed by atoms with Crippen molar-refractivity contribution in [2.75, 3.05) is 13.2 Å². The fourth-order valence-corrected chi connectivity index (χ4v) is 1.93. The molecule has 7 nitrogen and oxygen atoms in total. The van der Waals surface area contributed by atoms with Crippen LogP contribution >= 0.6 is 0 Å². The molecule has 1 aromatic heterocycles. The van der Waals surface area contributed by atoms with E-state index in [4.69, 9.17) is 5.11 Å². The van der Waals surface area contributed by atoms with Gasteiger partial charge in [0.25, 0.3) is 5.56 Å². The molecular formula is C14H23N3O4. The summed E-state index contributed by atoms with van der Waals surface area (Å²) in [7, 11) is 1.37. The lowest BCUT2D eigenvalue weighted by molar-refractivity contribution is -0.122. The maximum absolute atomic E-state index is 11.9. The van der Waals surface area contributed by atoms with Gasteiger partial charge in [0, 0.05) is 32.5 Å². The van der Waals surface area contributed by atoms with Crippen LogP contribution in [0.5, 0.6) is 0 Å². The number of amides is 1. The van der Waals surface area contributed by atoms with E-state index in [1.54, 1.807) is 0 Å². The van der Waals surface area contributed by atoms with E-state index in [9.17, 15) is 14.4 Å². The minimum Gasteiger partial charge on any atom is -0.396 e. The number of carbonyl (C=O) groups excluding carboxylic acids is 1. The SMILES string of the molecule is Cn1c(=O)ccn(CC(=O)NCC(C)(C)CCCO)c1=O. The van der Waals surface area contributed by atoms with Gasteiger partial charge in [-0.15, -0.1) is 0 Å². The van der Waals surface area contributed by atoms with Gasteiger partial charge >= 0.3 is 5.69 Å². The van der Waals surface area contributed by atoms with Crippen molar-refractivity contribution in [2.24, 2.45) is 12.5 Å². The first-order valence-corrected chi connectivity index (χ1v) is 6.91. The second kappa shape index (κ2) is 7.21. The van der Waals surface area contributed by atoms with E-state index < -0.39 is 11.2 Å². The Morgan fingerprint density at radius 1 is 1.38 bits per heavy atom. The van der Waals surface area contributed by atoms with Gasteiger partial charge in [-0.1, -0.05) is 13.8 Å². The second-order valence-corrected chi connectivity index (χ2v) is 5.89. The Balaban J connectivity index is 2.61. The number of nitrogens with one attached hydrogen (secondary N) is 1. The highest BCUT2D eigenvalue weighted by Gasteiger charge is 2.18. The van der Waals surface area contributed by atoms with E-state index in [0.29, 0.717) is 13.0 Å². The van der Waals surface area contributed by atoms with E-state index in [0.717, 1.165) is 11.0 Å². The highest BCUT2D eigenvalue weighted by molar-refractivity contribution is 5.75. The summed E-state index contributed by atoms with van der Waals surface area (Å²) >= 11 is 0. The van der Waals surface area contributed by atoms with Gasteiger partial charge in [-0.25, -0.2) is 4.79 Å². The van der Waals surface area contributed by atoms with Crippen molar-refractivity contribution in [2.45, 2.75) is 33.2 Å². The van der Waals surface area contributed by atoms with Gasteiger partial charge in [0.15, 0.2) is 0 Å². The van der Waals surface area contributed by atoms with Crippen LogP contribution < -0.4 is 16.6 Å². The molecule has 21 heavy (non-hydrogen) atoms. The predicted molar refractivity (Wildman–Crippen MR) is 79.1 cm³/mol. The average molecular weight is 297 g/mol. The fraction of sp³-hybridized carbons (Fsp3) is 0.643. The number of aromatic nitrogens is 2. The molecule has 0 atom stereocenters. The van der Waals surface area contributed by atoms with Gasteiger partial charge in [0.05, 0.1) is 0 Å². The Kier molecular flexibility index (Phi) is 5.90. The van der Waals surface area contributed by atoms with Crippen LogP contribution in [0, 0.1) is 5.41 Å². The molecule has 0 bridgehead atoms. The number of hydrogen-bond acceptors (Lipinski definition) is 4. The average Bonchev–Trinajstić information content (AvgIpc) is 2.44. The number of nitrogens with zero attached hydrogens (tertiary/aromatic N) is 2. The first-order chi connectivity index (χ1) is 9.76. The number of aliphatic hydroxyl groups excluding tert-OH is 1. The summed E-state index contributed by atoms with van der Waals surface area (Å²) in [6, 6.07) is 1.25. The fourth-order valence-electron chi connectivity index (χ4n) is 1.93. The van der Waals surface area contributed by atoms with Crippen LogP contribution in [0.4, 0.5) is 0 Å². The third kappa shape index (κ3) is 5.18. The number of aliphatic hydroxyl groups is 1. The second-order valence-electron chi connectivity index (χ2n) is 5.89. The summed E-state index contributed by atoms with van der Waals surface area (Å²) < 4.78 is 2.15. The predicted octanol–water partition coefficient (Wildman–Crippen LogP) is -0.538. The molecule has 0 saturated heterocycles. The molecule has 1 amide bonds. The summed E-state index contributed by atoms with van der Waals surface area (Å²) in [4.78, 5) is 34.9. The normalized spacial score (nSPS) is 11.4. The van der Waals surface area contributed by atoms with Gasteiger partial charge in [-0.2, -0.15) is 0 Å². The van der Waals surface area contributed by atoms with Crippen LogP contribution in [-0.4, -0.2) is 33.3 Å². The largest absolute Gasteiger partial charge is 0.396 e. The van der Waals surface area contributed by atoms with Crippen LogP contribution in [0.15, 0.2) is 21.9 Å². The van der Waals surface area contributed by atoms with E-state index >= 15 is 0 Å². The molecule has 0 aliphatic heterocycles. The maximum atomic E-state index is 11.9. The molecule has 1 aromatic rings. The molecule has 0 radical (unpaired) electrons. The van der Waals surface area contributed by atoms with Crippen molar-refractivity contribution in [1.29, 1.82) is 0 Å². The highest BCUT2D eigenvalue weighted by Crippen LogP contribution is 2.20. The van der Waals surface area contributed by atoms with Crippen LogP contribution in [-0.2, 0) is 18.4 Å². The molecule has 0 unspecified atom stereocenters. The lowest BCUT2D eigenvalue weighted by Gasteiger charge is -2.24. The molecule has 0 saturated carbocycles. The minimum atomic E-state index is -0.516. The third-order valence-electron chi connectivity index (χ3n) is 3.35. The first kappa shape index (κ1) is 17.2. The van der Waals surface area contributed by atoms with E-state index in [1.165, 1.54) is 23.9 Å². The summed E-state index contributed by atoms with van der Waals surface area (Å²) in [5.74, 6) is -0.284. The lowest BCUT2D eigenvalue weighted by Crippen LogP contribution is -2.41. The summed E-state index contributed by atoms with van der Waals surface area (Å²) in [5, 5.41) is 11.6. The molecule has 0 spiro atoms. The lowest BCUT2D eigenvalue weighted by atomic mass is 9.88. The van der Waals surface area contributed by atoms with Gasteiger partial charge in [0.1, 0.15) is 6.54 Å². The van der Waals surface area contributed by atoms with Crippen molar-refractivity contribution in [3.63, 3.8) is 0 Å². The van der Waals surface area contributed by atoms with Crippen molar-refractivity contribution in [3.05, 3.63) is 33.1 Å². The molecule has 118 valence electrons. The Labute approximate surface area is 123 Å². The van der Waals surface area contributed by atoms with Gasteiger partial charge in [0.2, 0.25) is 5.91 Å². The molecule has 0 aromatic carbocycles. The smallest absolute Gasteiger partial charge is 0.331 e. The van der Waals surface area contributed by atoms with Crippen LogP contribution in [0.25, 0.3) is 0 Å². The van der Waals surface area contributed by atoms with Crippen molar-refractivity contribution in [1.82, 2.24) is 14.5 Å². The number of hydrogen-bond donors (Lipinski definition) is 2. The van der Waals surface area contributed by atoms with E-state index in [-0.39, 0.29) is 24.5 Å². The monoisotopic (exact) mass is 297 g/mol. The van der Waals surface area contributed by atoms with E-state index in [2.05, 4.69) is 5.32 Å². The molecular weight excluding hydrogens is 274 g/mol. The summed E-state index contributed by atoms with van der Waals surface area (Å²) in [6.07, 6.45) is 2.80. The zero-order valence-electron chi connectivity index (χ0n) is 12.8. The molecule has 0 fully saturated rings. The van der Waals surface area contributed by atoms with Crippen molar-refractivity contribution >= 4 is 5.91 Å². The van der Waals surface area contributed by atoms with Crippen molar-refractivity contribution < 1.29 is 9.90 Å². The van der Waals surface area contributed by atoms with E-state index in [1.807, 2.05) is 13.8 Å². The topological polar surface area (TPSA) is 93.3 Å². The first-order valence-electron chi connectivity index (χ1n) is 6.91. The standard InChI is InChI=1S/C14H23N3O4/c1-14(2,6-4-8-18)10-15-11(19)9-17-7-5-12(20)16(3)13(17)21/h5,7,18H,4,6,8-10H2,1-3H3,(H,15,19). The Bertz CT molecular complexity index is 601. The number of carbonyl (C=O) groups is 1. The Hall–Kier alpha value is -1.89. The van der Waals surface area contributed by atoms with Crippen LogP contribution in [0.2, 0.25) is 0 Å². The van der Waals surface area contributed by atoms with Crippen LogP contribution in [0.1, 0.15) is 26.7 Å².